The third-order valence-electron chi connectivity index (χ3n) is 1.53. The van der Waals surface area contributed by atoms with E-state index < -0.39 is 5.97 Å². The van der Waals surface area contributed by atoms with Gasteiger partial charge in [-0.05, 0) is 22.0 Å². The summed E-state index contributed by atoms with van der Waals surface area (Å²) < 4.78 is 0.628. The minimum absolute atomic E-state index is 0.0985. The van der Waals surface area contributed by atoms with Crippen molar-refractivity contribution < 1.29 is 9.90 Å². The quantitative estimate of drug-likeness (QED) is 0.860. The standard InChI is InChI=1S/C9H7BrN2O2S/c10-9-6(5-11)12-3-1-7(9)15-4-2-8(13)14/h1,3H,2,4H2,(H,13,14). The molecule has 1 rings (SSSR count). The van der Waals surface area contributed by atoms with Gasteiger partial charge in [-0.2, -0.15) is 5.26 Å². The number of aliphatic carboxylic acids is 1. The van der Waals surface area contributed by atoms with Gasteiger partial charge in [-0.25, -0.2) is 4.98 Å². The Labute approximate surface area is 99.4 Å². The molecule has 0 amide bonds. The van der Waals surface area contributed by atoms with E-state index >= 15 is 0 Å². The molecule has 0 spiro atoms. The van der Waals surface area contributed by atoms with E-state index in [1.165, 1.54) is 18.0 Å². The highest BCUT2D eigenvalue weighted by molar-refractivity contribution is 9.10. The number of hydrogen-bond donors (Lipinski definition) is 1. The molecule has 0 saturated carbocycles. The number of nitrogens with zero attached hydrogens (tertiary/aromatic N) is 2. The highest BCUT2D eigenvalue weighted by Crippen LogP contribution is 2.29. The molecule has 0 unspecified atom stereocenters. The molecule has 1 aromatic heterocycles. The van der Waals surface area contributed by atoms with Gasteiger partial charge in [-0.1, -0.05) is 0 Å². The van der Waals surface area contributed by atoms with Crippen LogP contribution in [-0.2, 0) is 4.79 Å². The summed E-state index contributed by atoms with van der Waals surface area (Å²) in [5.74, 6) is -0.351. The van der Waals surface area contributed by atoms with Gasteiger partial charge in [0.1, 0.15) is 6.07 Å². The Kier molecular flexibility index (Phi) is 4.59. The molecular weight excluding hydrogens is 280 g/mol. The molecule has 0 aliphatic rings. The molecule has 1 aromatic rings. The van der Waals surface area contributed by atoms with E-state index in [1.807, 2.05) is 6.07 Å². The van der Waals surface area contributed by atoms with E-state index in [0.717, 1.165) is 4.90 Å². The monoisotopic (exact) mass is 286 g/mol. The first kappa shape index (κ1) is 12.0. The first-order valence-electron chi connectivity index (χ1n) is 4.04. The second kappa shape index (κ2) is 5.73. The zero-order chi connectivity index (χ0) is 11.3. The number of carboxylic acid groups (broad SMARTS) is 1. The van der Waals surface area contributed by atoms with E-state index in [2.05, 4.69) is 20.9 Å². The Balaban J connectivity index is 2.70. The van der Waals surface area contributed by atoms with Crippen LogP contribution < -0.4 is 0 Å². The zero-order valence-electron chi connectivity index (χ0n) is 7.61. The Bertz CT molecular complexity index is 417. The van der Waals surface area contributed by atoms with Gasteiger partial charge in [-0.15, -0.1) is 11.8 Å². The summed E-state index contributed by atoms with van der Waals surface area (Å²) in [6.45, 7) is 0. The number of halogens is 1. The van der Waals surface area contributed by atoms with Crippen LogP contribution >= 0.6 is 27.7 Å². The largest absolute Gasteiger partial charge is 0.481 e. The topological polar surface area (TPSA) is 74.0 Å². The van der Waals surface area contributed by atoms with Crippen LogP contribution in [0.15, 0.2) is 21.6 Å². The summed E-state index contributed by atoms with van der Waals surface area (Å²) in [6.07, 6.45) is 1.63. The molecule has 0 saturated heterocycles. The van der Waals surface area contributed by atoms with E-state index in [9.17, 15) is 4.79 Å². The maximum atomic E-state index is 10.3. The molecule has 0 fully saturated rings. The molecule has 1 heterocycles. The fraction of sp³-hybridized carbons (Fsp3) is 0.222. The van der Waals surface area contributed by atoms with Gasteiger partial charge in [0.2, 0.25) is 0 Å². The fourth-order valence-electron chi connectivity index (χ4n) is 0.864. The van der Waals surface area contributed by atoms with Crippen molar-refractivity contribution in [2.45, 2.75) is 11.3 Å². The van der Waals surface area contributed by atoms with Crippen molar-refractivity contribution in [3.8, 4) is 6.07 Å². The lowest BCUT2D eigenvalue weighted by Gasteiger charge is -2.03. The summed E-state index contributed by atoms with van der Waals surface area (Å²) in [4.78, 5) is 15.0. The summed E-state index contributed by atoms with van der Waals surface area (Å²) in [5.41, 5.74) is 0.315. The minimum atomic E-state index is -0.826. The molecule has 78 valence electrons. The van der Waals surface area contributed by atoms with E-state index in [1.54, 1.807) is 6.07 Å². The van der Waals surface area contributed by atoms with Crippen molar-refractivity contribution >= 4 is 33.7 Å². The summed E-state index contributed by atoms with van der Waals surface area (Å²) in [7, 11) is 0. The van der Waals surface area contributed by atoms with E-state index in [0.29, 0.717) is 15.9 Å². The normalized spacial score (nSPS) is 9.60. The SMILES string of the molecule is N#Cc1nccc(SCCC(=O)O)c1Br. The predicted octanol–water partition coefficient (Wildman–Crippen LogP) is 2.28. The molecule has 0 bridgehead atoms. The fourth-order valence-corrected chi connectivity index (χ4v) is 2.41. The number of pyridine rings is 1. The van der Waals surface area contributed by atoms with Crippen molar-refractivity contribution in [1.29, 1.82) is 5.26 Å². The van der Waals surface area contributed by atoms with Crippen LogP contribution in [0.3, 0.4) is 0 Å². The van der Waals surface area contributed by atoms with Crippen LogP contribution in [0.25, 0.3) is 0 Å². The van der Waals surface area contributed by atoms with Gasteiger partial charge >= 0.3 is 5.97 Å². The van der Waals surface area contributed by atoms with Crippen molar-refractivity contribution in [2.75, 3.05) is 5.75 Å². The van der Waals surface area contributed by atoms with Gasteiger partial charge in [0.25, 0.3) is 0 Å². The van der Waals surface area contributed by atoms with E-state index in [4.69, 9.17) is 10.4 Å². The number of carboxylic acids is 1. The molecule has 1 N–H and O–H groups in total. The lowest BCUT2D eigenvalue weighted by atomic mass is 10.4. The van der Waals surface area contributed by atoms with Crippen LogP contribution in [0, 0.1) is 11.3 Å². The summed E-state index contributed by atoms with van der Waals surface area (Å²) >= 11 is 4.64. The van der Waals surface area contributed by atoms with Crippen LogP contribution in [0.2, 0.25) is 0 Å². The van der Waals surface area contributed by atoms with Crippen LogP contribution in [0.1, 0.15) is 12.1 Å². The predicted molar refractivity (Wildman–Crippen MR) is 59.6 cm³/mol. The Morgan fingerprint density at radius 3 is 3.07 bits per heavy atom. The maximum absolute atomic E-state index is 10.3. The van der Waals surface area contributed by atoms with E-state index in [-0.39, 0.29) is 6.42 Å². The lowest BCUT2D eigenvalue weighted by Crippen LogP contribution is -1.96. The first-order chi connectivity index (χ1) is 7.15. The number of rotatable bonds is 4. The van der Waals surface area contributed by atoms with Crippen molar-refractivity contribution in [3.63, 3.8) is 0 Å². The second-order valence-electron chi connectivity index (χ2n) is 2.58. The number of hydrogen-bond acceptors (Lipinski definition) is 4. The number of carbonyl (C=O) groups is 1. The smallest absolute Gasteiger partial charge is 0.304 e. The van der Waals surface area contributed by atoms with Gasteiger partial charge in [0.15, 0.2) is 5.69 Å². The molecule has 0 aliphatic heterocycles. The van der Waals surface area contributed by atoms with Gasteiger partial charge in [0.05, 0.1) is 10.9 Å². The summed E-state index contributed by atoms with van der Waals surface area (Å²) in [6, 6.07) is 3.69. The molecule has 6 heteroatoms. The molecule has 15 heavy (non-hydrogen) atoms. The van der Waals surface area contributed by atoms with Crippen LogP contribution in [0.5, 0.6) is 0 Å². The maximum Gasteiger partial charge on any atom is 0.304 e. The molecule has 0 atom stereocenters. The zero-order valence-corrected chi connectivity index (χ0v) is 10.0. The van der Waals surface area contributed by atoms with Crippen molar-refractivity contribution in [3.05, 3.63) is 22.4 Å². The van der Waals surface area contributed by atoms with Gasteiger partial charge in [0, 0.05) is 16.8 Å². The molecule has 0 aromatic carbocycles. The number of nitriles is 1. The van der Waals surface area contributed by atoms with Crippen molar-refractivity contribution in [2.24, 2.45) is 0 Å². The van der Waals surface area contributed by atoms with Crippen LogP contribution in [0.4, 0.5) is 0 Å². The lowest BCUT2D eigenvalue weighted by molar-refractivity contribution is -0.136. The Hall–Kier alpha value is -1.06. The number of aromatic nitrogens is 1. The molecular formula is C9H7BrN2O2S. The Morgan fingerprint density at radius 1 is 1.73 bits per heavy atom. The highest BCUT2D eigenvalue weighted by atomic mass is 79.9. The molecule has 0 radical (unpaired) electrons. The van der Waals surface area contributed by atoms with Crippen LogP contribution in [-0.4, -0.2) is 21.8 Å². The van der Waals surface area contributed by atoms with Gasteiger partial charge in [-0.3, -0.25) is 4.79 Å². The second-order valence-corrected chi connectivity index (χ2v) is 4.51. The first-order valence-corrected chi connectivity index (χ1v) is 5.82. The number of thioether (sulfide) groups is 1. The van der Waals surface area contributed by atoms with Crippen molar-refractivity contribution in [1.82, 2.24) is 4.98 Å². The molecule has 0 aliphatic carbocycles. The highest BCUT2D eigenvalue weighted by Gasteiger charge is 2.07. The minimum Gasteiger partial charge on any atom is -0.481 e. The third kappa shape index (κ3) is 3.53. The average molecular weight is 287 g/mol. The average Bonchev–Trinajstić information content (AvgIpc) is 2.20. The van der Waals surface area contributed by atoms with Gasteiger partial charge < -0.3 is 5.11 Å². The third-order valence-corrected chi connectivity index (χ3v) is 3.66. The Morgan fingerprint density at radius 2 is 2.47 bits per heavy atom. The summed E-state index contributed by atoms with van der Waals surface area (Å²) in [5, 5.41) is 17.2. The molecule has 4 nitrogen and oxygen atoms in total.